The molecule has 106 valence electrons. The molecule has 0 aromatic heterocycles. The van der Waals surface area contributed by atoms with Crippen molar-refractivity contribution in [2.24, 2.45) is 0 Å². The summed E-state index contributed by atoms with van der Waals surface area (Å²) in [5.74, 6) is -0.184. The van der Waals surface area contributed by atoms with E-state index in [1.807, 2.05) is 24.3 Å². The molecule has 0 aliphatic heterocycles. The molecule has 3 aromatic carbocycles. The molecule has 3 rings (SSSR count). The standard InChI is InChI=1S/C18H14FP.BrH/c19-15-11-13-18(14-12-15)20(16-7-3-1-4-8-16)17-9-5-2-6-10-17;/h1-14H;1H. The van der Waals surface area contributed by atoms with Crippen molar-refractivity contribution in [3.63, 3.8) is 0 Å². The molecular weight excluding hydrogens is 346 g/mol. The monoisotopic (exact) mass is 360 g/mol. The zero-order valence-electron chi connectivity index (χ0n) is 11.3. The number of hydrogen-bond acceptors (Lipinski definition) is 0. The Labute approximate surface area is 136 Å². The highest BCUT2D eigenvalue weighted by Gasteiger charge is 2.24. The topological polar surface area (TPSA) is 0 Å². The molecule has 0 amide bonds. The fourth-order valence-corrected chi connectivity index (χ4v) is 4.88. The first-order valence-electron chi connectivity index (χ1n) is 6.58. The molecule has 0 aliphatic rings. The van der Waals surface area contributed by atoms with Gasteiger partial charge in [0.05, 0.1) is 7.92 Å². The molecule has 3 aromatic rings. The van der Waals surface area contributed by atoms with Gasteiger partial charge in [-0.1, -0.05) is 36.4 Å². The van der Waals surface area contributed by atoms with Crippen molar-refractivity contribution >= 4 is 23.8 Å². The van der Waals surface area contributed by atoms with Gasteiger partial charge in [0.1, 0.15) is 21.7 Å². The summed E-state index contributed by atoms with van der Waals surface area (Å²) in [6.45, 7) is 0. The van der Waals surface area contributed by atoms with E-state index >= 15 is 0 Å². The number of rotatable bonds is 3. The molecule has 0 bridgehead atoms. The molecule has 0 atom stereocenters. The molecular formula is C18H15BrFP. The van der Waals surface area contributed by atoms with Crippen LogP contribution in [-0.2, 0) is 0 Å². The minimum Gasteiger partial charge on any atom is -1.00 e. The second-order valence-electron chi connectivity index (χ2n) is 4.61. The molecule has 0 saturated heterocycles. The van der Waals surface area contributed by atoms with Crippen LogP contribution in [0.1, 0.15) is 0 Å². The van der Waals surface area contributed by atoms with Crippen LogP contribution < -0.4 is 32.9 Å². The van der Waals surface area contributed by atoms with Crippen LogP contribution in [0.5, 0.6) is 0 Å². The summed E-state index contributed by atoms with van der Waals surface area (Å²) in [5, 5.41) is 3.83. The molecule has 0 nitrogen and oxygen atoms in total. The third kappa shape index (κ3) is 3.78. The summed E-state index contributed by atoms with van der Waals surface area (Å²) < 4.78 is 13.2. The minimum atomic E-state index is -1.06. The molecule has 21 heavy (non-hydrogen) atoms. The maximum Gasteiger partial charge on any atom is 0.123 e. The maximum atomic E-state index is 13.2. The lowest BCUT2D eigenvalue weighted by molar-refractivity contribution is -0.00000440. The van der Waals surface area contributed by atoms with Gasteiger partial charge in [-0.3, -0.25) is 0 Å². The second-order valence-corrected chi connectivity index (χ2v) is 7.10. The first-order chi connectivity index (χ1) is 9.84. The van der Waals surface area contributed by atoms with Gasteiger partial charge in [-0.2, -0.15) is 0 Å². The Morgan fingerprint density at radius 2 is 0.905 bits per heavy atom. The average Bonchev–Trinajstić information content (AvgIpc) is 2.52. The molecule has 0 N–H and O–H groups in total. The molecule has 0 unspecified atom stereocenters. The Hall–Kier alpha value is -1.50. The first-order valence-corrected chi connectivity index (χ1v) is 8.08. The molecule has 0 spiro atoms. The Bertz CT molecular complexity index is 629. The summed E-state index contributed by atoms with van der Waals surface area (Å²) >= 11 is 0. The van der Waals surface area contributed by atoms with Crippen molar-refractivity contribution in [2.75, 3.05) is 0 Å². The number of benzene rings is 3. The van der Waals surface area contributed by atoms with Crippen LogP contribution in [0.3, 0.4) is 0 Å². The van der Waals surface area contributed by atoms with Crippen LogP contribution in [-0.4, -0.2) is 0 Å². The van der Waals surface area contributed by atoms with Crippen LogP contribution in [0.25, 0.3) is 0 Å². The van der Waals surface area contributed by atoms with Gasteiger partial charge in [-0.25, -0.2) is 4.39 Å². The van der Waals surface area contributed by atoms with Gasteiger partial charge in [0.15, 0.2) is 0 Å². The van der Waals surface area contributed by atoms with Crippen molar-refractivity contribution in [1.82, 2.24) is 0 Å². The van der Waals surface area contributed by atoms with Crippen LogP contribution in [0, 0.1) is 5.82 Å². The smallest absolute Gasteiger partial charge is 0.123 e. The molecule has 0 saturated carbocycles. The first kappa shape index (κ1) is 15.9. The fourth-order valence-electron chi connectivity index (χ4n) is 2.33. The van der Waals surface area contributed by atoms with Crippen LogP contribution in [0.15, 0.2) is 84.9 Å². The Kier molecular flexibility index (Phi) is 5.67. The average molecular weight is 361 g/mol. The number of halogens is 2. The summed E-state index contributed by atoms with van der Waals surface area (Å²) in [7, 11) is -1.06. The van der Waals surface area contributed by atoms with Gasteiger partial charge in [-0.15, -0.1) is 0 Å². The number of hydrogen-bond donors (Lipinski definition) is 0. The van der Waals surface area contributed by atoms with Gasteiger partial charge in [-0.05, 0) is 48.5 Å². The lowest BCUT2D eigenvalue weighted by Crippen LogP contribution is -3.00. The van der Waals surface area contributed by atoms with Crippen molar-refractivity contribution in [2.45, 2.75) is 0 Å². The highest BCUT2D eigenvalue weighted by Crippen LogP contribution is 2.32. The fraction of sp³-hybridized carbons (Fsp3) is 0. The quantitative estimate of drug-likeness (QED) is 0.590. The van der Waals surface area contributed by atoms with Crippen molar-refractivity contribution in [3.05, 3.63) is 90.7 Å². The highest BCUT2D eigenvalue weighted by atomic mass is 79.9. The van der Waals surface area contributed by atoms with Crippen LogP contribution in [0.2, 0.25) is 0 Å². The third-order valence-corrected chi connectivity index (χ3v) is 5.99. The molecule has 0 heterocycles. The van der Waals surface area contributed by atoms with E-state index in [1.165, 1.54) is 15.9 Å². The zero-order chi connectivity index (χ0) is 13.8. The van der Waals surface area contributed by atoms with Gasteiger partial charge in [0.2, 0.25) is 0 Å². The summed E-state index contributed by atoms with van der Waals surface area (Å²) in [6.07, 6.45) is 0. The van der Waals surface area contributed by atoms with E-state index in [2.05, 4.69) is 48.5 Å². The molecule has 0 radical (unpaired) electrons. The van der Waals surface area contributed by atoms with E-state index < -0.39 is 7.92 Å². The highest BCUT2D eigenvalue weighted by molar-refractivity contribution is 7.79. The molecule has 0 fully saturated rings. The van der Waals surface area contributed by atoms with Crippen molar-refractivity contribution in [1.29, 1.82) is 0 Å². The summed E-state index contributed by atoms with van der Waals surface area (Å²) in [6, 6.07) is 27.8. The van der Waals surface area contributed by atoms with E-state index in [0.29, 0.717) is 0 Å². The lowest BCUT2D eigenvalue weighted by atomic mass is 10.3. The van der Waals surface area contributed by atoms with Crippen molar-refractivity contribution in [3.8, 4) is 0 Å². The summed E-state index contributed by atoms with van der Waals surface area (Å²) in [5.41, 5.74) is 0. The molecule has 3 heteroatoms. The Morgan fingerprint density at radius 1 is 0.524 bits per heavy atom. The predicted molar refractivity (Wildman–Crippen MR) is 86.5 cm³/mol. The Balaban J connectivity index is 0.00000161. The Morgan fingerprint density at radius 3 is 1.33 bits per heavy atom. The normalized spacial score (nSPS) is 10.2. The second kappa shape index (κ2) is 7.49. The van der Waals surface area contributed by atoms with Crippen LogP contribution >= 0.6 is 7.92 Å². The third-order valence-electron chi connectivity index (χ3n) is 3.26. The summed E-state index contributed by atoms with van der Waals surface area (Å²) in [4.78, 5) is 0. The van der Waals surface area contributed by atoms with Gasteiger partial charge in [0, 0.05) is 0 Å². The van der Waals surface area contributed by atoms with E-state index in [0.717, 1.165) is 0 Å². The van der Waals surface area contributed by atoms with Crippen LogP contribution in [0.4, 0.5) is 4.39 Å². The largest absolute Gasteiger partial charge is 1.00 e. The van der Waals surface area contributed by atoms with Gasteiger partial charge < -0.3 is 17.0 Å². The minimum absolute atomic E-state index is 0. The van der Waals surface area contributed by atoms with E-state index in [4.69, 9.17) is 0 Å². The van der Waals surface area contributed by atoms with E-state index in [-0.39, 0.29) is 22.8 Å². The van der Waals surface area contributed by atoms with E-state index in [1.54, 1.807) is 12.1 Å². The zero-order valence-corrected chi connectivity index (χ0v) is 13.9. The van der Waals surface area contributed by atoms with Gasteiger partial charge in [0.25, 0.3) is 0 Å². The van der Waals surface area contributed by atoms with E-state index in [9.17, 15) is 4.39 Å². The lowest BCUT2D eigenvalue weighted by Gasteiger charge is -2.10. The SMILES string of the molecule is Fc1ccc([PH+](c2ccccc2)c2ccccc2)cc1.[Br-]. The molecule has 0 aliphatic carbocycles. The predicted octanol–water partition coefficient (Wildman–Crippen LogP) is 0.320. The maximum absolute atomic E-state index is 13.2. The van der Waals surface area contributed by atoms with Gasteiger partial charge >= 0.3 is 0 Å². The van der Waals surface area contributed by atoms with Crippen molar-refractivity contribution < 1.29 is 21.4 Å².